The first-order valence-electron chi connectivity index (χ1n) is 4.06. The van der Waals surface area contributed by atoms with Crippen molar-refractivity contribution < 1.29 is 12.8 Å². The summed E-state index contributed by atoms with van der Waals surface area (Å²) in [5.74, 6) is 0.881. The third kappa shape index (κ3) is 4.06. The van der Waals surface area contributed by atoms with Gasteiger partial charge in [0.2, 0.25) is 11.8 Å². The minimum Gasteiger partial charge on any atom is -0.424 e. The number of alkyl halides is 1. The number of rotatable bonds is 5. The van der Waals surface area contributed by atoms with E-state index in [0.29, 0.717) is 18.2 Å². The molecule has 1 rings (SSSR count). The van der Waals surface area contributed by atoms with Crippen molar-refractivity contribution in [3.8, 4) is 0 Å². The highest BCUT2D eigenvalue weighted by Gasteiger charge is 2.11. The SMILES string of the molecule is CS(=O)(=O)Cc1nnc(CCCCl)o1. The summed E-state index contributed by atoms with van der Waals surface area (Å²) >= 11 is 5.48. The molecule has 0 amide bonds. The quantitative estimate of drug-likeness (QED) is 0.709. The average molecular weight is 239 g/mol. The van der Waals surface area contributed by atoms with Crippen LogP contribution >= 0.6 is 11.6 Å². The molecular weight excluding hydrogens is 228 g/mol. The highest BCUT2D eigenvalue weighted by molar-refractivity contribution is 7.89. The molecule has 0 aromatic carbocycles. The lowest BCUT2D eigenvalue weighted by atomic mass is 10.3. The molecule has 0 saturated heterocycles. The lowest BCUT2D eigenvalue weighted by molar-refractivity contribution is 0.459. The fourth-order valence-electron chi connectivity index (χ4n) is 0.890. The Balaban J connectivity index is 2.59. The smallest absolute Gasteiger partial charge is 0.231 e. The van der Waals surface area contributed by atoms with Gasteiger partial charge in [-0.1, -0.05) is 0 Å². The van der Waals surface area contributed by atoms with E-state index in [1.165, 1.54) is 0 Å². The number of aryl methyl sites for hydroxylation is 1. The van der Waals surface area contributed by atoms with Crippen LogP contribution in [0.25, 0.3) is 0 Å². The molecule has 80 valence electrons. The van der Waals surface area contributed by atoms with E-state index in [2.05, 4.69) is 10.2 Å². The second-order valence-electron chi connectivity index (χ2n) is 2.95. The Morgan fingerprint density at radius 3 is 2.57 bits per heavy atom. The van der Waals surface area contributed by atoms with Gasteiger partial charge in [0, 0.05) is 18.6 Å². The summed E-state index contributed by atoms with van der Waals surface area (Å²) in [5, 5.41) is 7.31. The van der Waals surface area contributed by atoms with E-state index in [1.54, 1.807) is 0 Å². The molecule has 14 heavy (non-hydrogen) atoms. The van der Waals surface area contributed by atoms with Crippen LogP contribution in [0.1, 0.15) is 18.2 Å². The molecule has 0 aliphatic rings. The van der Waals surface area contributed by atoms with E-state index in [1.807, 2.05) is 0 Å². The van der Waals surface area contributed by atoms with Gasteiger partial charge in [-0.05, 0) is 6.42 Å². The Morgan fingerprint density at radius 1 is 1.36 bits per heavy atom. The summed E-state index contributed by atoms with van der Waals surface area (Å²) < 4.78 is 26.9. The van der Waals surface area contributed by atoms with Crippen LogP contribution < -0.4 is 0 Å². The third-order valence-corrected chi connectivity index (χ3v) is 2.46. The van der Waals surface area contributed by atoms with Crippen LogP contribution in [0.4, 0.5) is 0 Å². The van der Waals surface area contributed by atoms with E-state index in [-0.39, 0.29) is 11.6 Å². The summed E-state index contributed by atoms with van der Waals surface area (Å²) in [4.78, 5) is 0. The Hall–Kier alpha value is -0.620. The molecule has 0 fully saturated rings. The number of sulfone groups is 1. The van der Waals surface area contributed by atoms with Crippen molar-refractivity contribution in [3.05, 3.63) is 11.8 Å². The van der Waals surface area contributed by atoms with Crippen LogP contribution in [0.5, 0.6) is 0 Å². The van der Waals surface area contributed by atoms with E-state index in [9.17, 15) is 8.42 Å². The van der Waals surface area contributed by atoms with E-state index < -0.39 is 9.84 Å². The molecule has 0 N–H and O–H groups in total. The zero-order valence-electron chi connectivity index (χ0n) is 7.73. The molecule has 7 heteroatoms. The zero-order valence-corrected chi connectivity index (χ0v) is 9.31. The number of halogens is 1. The predicted octanol–water partition coefficient (Wildman–Crippen LogP) is 0.786. The van der Waals surface area contributed by atoms with Gasteiger partial charge in [0.1, 0.15) is 5.75 Å². The van der Waals surface area contributed by atoms with Gasteiger partial charge >= 0.3 is 0 Å². The minimum atomic E-state index is -3.11. The molecule has 0 unspecified atom stereocenters. The van der Waals surface area contributed by atoms with Crippen LogP contribution in [-0.4, -0.2) is 30.8 Å². The van der Waals surface area contributed by atoms with Crippen molar-refractivity contribution in [2.75, 3.05) is 12.1 Å². The van der Waals surface area contributed by atoms with Crippen molar-refractivity contribution in [2.24, 2.45) is 0 Å². The van der Waals surface area contributed by atoms with Gasteiger partial charge in [0.05, 0.1) is 0 Å². The first-order valence-corrected chi connectivity index (χ1v) is 6.66. The molecule has 0 spiro atoms. The largest absolute Gasteiger partial charge is 0.424 e. The zero-order chi connectivity index (χ0) is 10.6. The molecule has 5 nitrogen and oxygen atoms in total. The molecule has 1 aromatic rings. The van der Waals surface area contributed by atoms with Gasteiger partial charge in [-0.3, -0.25) is 0 Å². The second kappa shape index (κ2) is 4.75. The number of aromatic nitrogens is 2. The summed E-state index contributed by atoms with van der Waals surface area (Å²) in [6.45, 7) is 0. The summed E-state index contributed by atoms with van der Waals surface area (Å²) in [6, 6.07) is 0. The van der Waals surface area contributed by atoms with Gasteiger partial charge in [-0.25, -0.2) is 8.42 Å². The Morgan fingerprint density at radius 2 is 2.00 bits per heavy atom. The molecule has 0 bridgehead atoms. The predicted molar refractivity (Wildman–Crippen MR) is 51.9 cm³/mol. The van der Waals surface area contributed by atoms with Crippen molar-refractivity contribution in [2.45, 2.75) is 18.6 Å². The number of hydrogen-bond donors (Lipinski definition) is 0. The molecule has 0 aliphatic heterocycles. The summed E-state index contributed by atoms with van der Waals surface area (Å²) in [6.07, 6.45) is 2.44. The standard InChI is InChI=1S/C7H11ClN2O3S/c1-14(11,12)5-7-10-9-6(13-7)3-2-4-8/h2-5H2,1H3. The molecule has 0 aliphatic carbocycles. The second-order valence-corrected chi connectivity index (χ2v) is 5.47. The van der Waals surface area contributed by atoms with Crippen LogP contribution in [0.2, 0.25) is 0 Å². The monoisotopic (exact) mass is 238 g/mol. The molecule has 1 heterocycles. The summed E-state index contributed by atoms with van der Waals surface area (Å²) in [7, 11) is -3.11. The lowest BCUT2D eigenvalue weighted by Gasteiger charge is -1.91. The normalized spacial score (nSPS) is 11.9. The first-order chi connectivity index (χ1) is 6.51. The fourth-order valence-corrected chi connectivity index (χ4v) is 1.59. The van der Waals surface area contributed by atoms with Crippen molar-refractivity contribution >= 4 is 21.4 Å². The van der Waals surface area contributed by atoms with E-state index >= 15 is 0 Å². The molecule has 1 aromatic heterocycles. The maximum atomic E-state index is 10.9. The minimum absolute atomic E-state index is 0.136. The maximum absolute atomic E-state index is 10.9. The topological polar surface area (TPSA) is 73.1 Å². The highest BCUT2D eigenvalue weighted by atomic mass is 35.5. The highest BCUT2D eigenvalue weighted by Crippen LogP contribution is 2.06. The van der Waals surface area contributed by atoms with Crippen LogP contribution in [0.3, 0.4) is 0 Å². The molecule has 0 radical (unpaired) electrons. The molecule has 0 atom stereocenters. The van der Waals surface area contributed by atoms with E-state index in [4.69, 9.17) is 16.0 Å². The maximum Gasteiger partial charge on any atom is 0.231 e. The number of hydrogen-bond acceptors (Lipinski definition) is 5. The molecular formula is C7H11ClN2O3S. The van der Waals surface area contributed by atoms with Gasteiger partial charge in [0.15, 0.2) is 9.84 Å². The van der Waals surface area contributed by atoms with Crippen LogP contribution in [-0.2, 0) is 22.0 Å². The fraction of sp³-hybridized carbons (Fsp3) is 0.714. The van der Waals surface area contributed by atoms with E-state index in [0.717, 1.165) is 12.7 Å². The summed E-state index contributed by atoms with van der Waals surface area (Å²) in [5.41, 5.74) is 0. The van der Waals surface area contributed by atoms with Crippen molar-refractivity contribution in [3.63, 3.8) is 0 Å². The Labute approximate surface area is 87.4 Å². The van der Waals surface area contributed by atoms with Crippen molar-refractivity contribution in [1.82, 2.24) is 10.2 Å². The van der Waals surface area contributed by atoms with Crippen LogP contribution in [0.15, 0.2) is 4.42 Å². The third-order valence-electron chi connectivity index (χ3n) is 1.42. The van der Waals surface area contributed by atoms with Crippen LogP contribution in [0, 0.1) is 0 Å². The van der Waals surface area contributed by atoms with Crippen molar-refractivity contribution in [1.29, 1.82) is 0 Å². The number of nitrogens with zero attached hydrogens (tertiary/aromatic N) is 2. The molecule has 0 saturated carbocycles. The average Bonchev–Trinajstić information content (AvgIpc) is 2.46. The van der Waals surface area contributed by atoms with Gasteiger partial charge in [-0.15, -0.1) is 21.8 Å². The van der Waals surface area contributed by atoms with Gasteiger partial charge in [0.25, 0.3) is 0 Å². The lowest BCUT2D eigenvalue weighted by Crippen LogP contribution is -2.00. The first kappa shape index (κ1) is 11.5. The Kier molecular flexibility index (Phi) is 3.88. The van der Waals surface area contributed by atoms with Gasteiger partial charge in [-0.2, -0.15) is 0 Å². The Bertz CT molecular complexity index is 387. The van der Waals surface area contributed by atoms with Gasteiger partial charge < -0.3 is 4.42 Å².